The van der Waals surface area contributed by atoms with Gasteiger partial charge in [0.05, 0.1) is 6.04 Å². The van der Waals surface area contributed by atoms with Crippen molar-refractivity contribution in [2.45, 2.75) is 38.0 Å². The van der Waals surface area contributed by atoms with E-state index in [0.717, 1.165) is 25.3 Å². The van der Waals surface area contributed by atoms with E-state index < -0.39 is 0 Å². The molecular weight excluding hydrogens is 210 g/mol. The monoisotopic (exact) mass is 231 g/mol. The molecule has 0 aliphatic carbocycles. The van der Waals surface area contributed by atoms with Crippen molar-refractivity contribution < 1.29 is 4.79 Å². The molecule has 1 aliphatic heterocycles. The lowest BCUT2D eigenvalue weighted by Gasteiger charge is -2.26. The molecule has 1 atom stereocenters. The fourth-order valence-electron chi connectivity index (χ4n) is 1.71. The Kier molecular flexibility index (Phi) is 4.43. The molecule has 1 heterocycles. The molecule has 0 saturated carbocycles. The van der Waals surface area contributed by atoms with Crippen LogP contribution in [-0.4, -0.2) is 40.4 Å². The van der Waals surface area contributed by atoms with Gasteiger partial charge in [0.1, 0.15) is 0 Å². The Labute approximate surface area is 95.9 Å². The van der Waals surface area contributed by atoms with Crippen molar-refractivity contribution in [1.82, 2.24) is 10.3 Å². The Balaban J connectivity index is 2.54. The number of thioether (sulfide) groups is 1. The maximum absolute atomic E-state index is 11.4. The molecule has 0 aromatic heterocycles. The van der Waals surface area contributed by atoms with Crippen LogP contribution in [0.3, 0.4) is 0 Å². The van der Waals surface area contributed by atoms with Gasteiger partial charge in [0.2, 0.25) is 0 Å². The minimum Gasteiger partial charge on any atom is -0.293 e. The summed E-state index contributed by atoms with van der Waals surface area (Å²) >= 11 is 1.98. The molecule has 1 rings (SSSR count). The van der Waals surface area contributed by atoms with Crippen molar-refractivity contribution in [1.29, 1.82) is 0 Å². The van der Waals surface area contributed by atoms with Gasteiger partial charge in [-0.1, -0.05) is 13.8 Å². The molecule has 1 fully saturated rings. The number of amides is 1. The van der Waals surface area contributed by atoms with Crippen molar-refractivity contribution in [3.63, 3.8) is 0 Å². The van der Waals surface area contributed by atoms with Gasteiger partial charge in [0.15, 0.2) is 0 Å². The number of carbonyl (C=O) groups excluding carboxylic acids is 1. The highest BCUT2D eigenvalue weighted by Crippen LogP contribution is 2.31. The van der Waals surface area contributed by atoms with Crippen LogP contribution in [0.25, 0.3) is 0 Å². The molecule has 88 valence electrons. The first kappa shape index (κ1) is 12.8. The molecule has 1 saturated heterocycles. The summed E-state index contributed by atoms with van der Waals surface area (Å²) in [5, 5.41) is 0. The molecule has 1 unspecified atom stereocenters. The van der Waals surface area contributed by atoms with Crippen LogP contribution in [0.1, 0.15) is 27.2 Å². The maximum atomic E-state index is 11.4. The van der Waals surface area contributed by atoms with Crippen LogP contribution < -0.4 is 11.3 Å². The molecule has 15 heavy (non-hydrogen) atoms. The number of rotatable bonds is 2. The highest BCUT2D eigenvalue weighted by molar-refractivity contribution is 8.00. The summed E-state index contributed by atoms with van der Waals surface area (Å²) in [7, 11) is 0. The number of hydrogen-bond acceptors (Lipinski definition) is 4. The molecule has 0 radical (unpaired) electrons. The van der Waals surface area contributed by atoms with Gasteiger partial charge in [-0.3, -0.25) is 15.1 Å². The Morgan fingerprint density at radius 2 is 2.20 bits per heavy atom. The fraction of sp³-hybridized carbons (Fsp3) is 0.900. The van der Waals surface area contributed by atoms with E-state index in [2.05, 4.69) is 24.2 Å². The lowest BCUT2D eigenvalue weighted by atomic mass is 10.1. The second-order valence-corrected chi connectivity index (χ2v) is 6.38. The summed E-state index contributed by atoms with van der Waals surface area (Å²) in [6, 6.07) is -0.121. The topological polar surface area (TPSA) is 58.4 Å². The number of nitrogens with one attached hydrogen (secondary N) is 1. The summed E-state index contributed by atoms with van der Waals surface area (Å²) < 4.78 is 0.327. The van der Waals surface area contributed by atoms with Crippen LogP contribution in [0.4, 0.5) is 0 Å². The first-order valence-electron chi connectivity index (χ1n) is 5.35. The normalized spacial score (nSPS) is 24.3. The zero-order chi connectivity index (χ0) is 11.5. The molecule has 0 bridgehead atoms. The van der Waals surface area contributed by atoms with Crippen molar-refractivity contribution in [3.05, 3.63) is 0 Å². The Bertz CT molecular complexity index is 233. The van der Waals surface area contributed by atoms with E-state index in [9.17, 15) is 4.79 Å². The summed E-state index contributed by atoms with van der Waals surface area (Å²) in [5.41, 5.74) is 2.22. The van der Waals surface area contributed by atoms with Crippen LogP contribution in [0, 0.1) is 0 Å². The summed E-state index contributed by atoms with van der Waals surface area (Å²) in [4.78, 5) is 13.6. The summed E-state index contributed by atoms with van der Waals surface area (Å²) in [6.45, 7) is 8.35. The second-order valence-electron chi connectivity index (χ2n) is 4.58. The first-order valence-corrected chi connectivity index (χ1v) is 6.33. The van der Waals surface area contributed by atoms with E-state index in [1.165, 1.54) is 0 Å². The van der Waals surface area contributed by atoms with Crippen LogP contribution in [0.2, 0.25) is 0 Å². The summed E-state index contributed by atoms with van der Waals surface area (Å²) in [5.74, 6) is 6.12. The Hall–Kier alpha value is -0.260. The average molecular weight is 231 g/mol. The molecule has 0 aromatic rings. The average Bonchev–Trinajstić information content (AvgIpc) is 2.37. The largest absolute Gasteiger partial charge is 0.293 e. The second kappa shape index (κ2) is 5.18. The van der Waals surface area contributed by atoms with Crippen molar-refractivity contribution in [2.75, 3.05) is 18.8 Å². The molecule has 4 nitrogen and oxygen atoms in total. The van der Waals surface area contributed by atoms with Crippen LogP contribution >= 0.6 is 11.8 Å². The predicted molar refractivity (Wildman–Crippen MR) is 64.5 cm³/mol. The number of nitrogens with two attached hydrogens (primary N) is 1. The van der Waals surface area contributed by atoms with E-state index in [-0.39, 0.29) is 11.9 Å². The van der Waals surface area contributed by atoms with Gasteiger partial charge in [-0.25, -0.2) is 5.84 Å². The Morgan fingerprint density at radius 1 is 1.53 bits per heavy atom. The number of hydrazine groups is 1. The summed E-state index contributed by atoms with van der Waals surface area (Å²) in [6.07, 6.45) is 1.11. The highest BCUT2D eigenvalue weighted by Gasteiger charge is 2.27. The van der Waals surface area contributed by atoms with Crippen molar-refractivity contribution in [2.24, 2.45) is 5.84 Å². The molecule has 5 heteroatoms. The van der Waals surface area contributed by atoms with E-state index in [1.54, 1.807) is 0 Å². The number of hydrogen-bond donors (Lipinski definition) is 2. The fourth-order valence-corrected chi connectivity index (χ4v) is 2.82. The highest BCUT2D eigenvalue weighted by atomic mass is 32.2. The minimum atomic E-state index is -0.121. The van der Waals surface area contributed by atoms with E-state index in [4.69, 9.17) is 5.84 Å². The van der Waals surface area contributed by atoms with E-state index in [1.807, 2.05) is 18.7 Å². The molecule has 0 aromatic carbocycles. The molecule has 3 N–H and O–H groups in total. The van der Waals surface area contributed by atoms with Crippen molar-refractivity contribution >= 4 is 17.7 Å². The minimum absolute atomic E-state index is 0.0975. The van der Waals surface area contributed by atoms with Crippen molar-refractivity contribution in [3.8, 4) is 0 Å². The predicted octanol–water partition coefficient (Wildman–Crippen LogP) is 0.582. The first-order chi connectivity index (χ1) is 6.96. The van der Waals surface area contributed by atoms with E-state index in [0.29, 0.717) is 4.75 Å². The van der Waals surface area contributed by atoms with Crippen LogP contribution in [-0.2, 0) is 4.79 Å². The zero-order valence-electron chi connectivity index (χ0n) is 9.75. The van der Waals surface area contributed by atoms with E-state index >= 15 is 0 Å². The maximum Gasteiger partial charge on any atom is 0.250 e. The molecular formula is C10H21N3OS. The van der Waals surface area contributed by atoms with Gasteiger partial charge >= 0.3 is 0 Å². The van der Waals surface area contributed by atoms with Gasteiger partial charge in [-0.2, -0.15) is 11.8 Å². The lowest BCUT2D eigenvalue weighted by Crippen LogP contribution is -2.48. The van der Waals surface area contributed by atoms with Gasteiger partial charge in [0, 0.05) is 23.6 Å². The number of nitrogens with zero attached hydrogens (tertiary/aromatic N) is 1. The third-order valence-corrected chi connectivity index (χ3v) is 4.31. The number of carbonyl (C=O) groups is 1. The van der Waals surface area contributed by atoms with Gasteiger partial charge in [-0.05, 0) is 13.3 Å². The molecule has 0 spiro atoms. The Morgan fingerprint density at radius 3 is 2.80 bits per heavy atom. The van der Waals surface area contributed by atoms with Gasteiger partial charge < -0.3 is 0 Å². The van der Waals surface area contributed by atoms with Crippen LogP contribution in [0.5, 0.6) is 0 Å². The smallest absolute Gasteiger partial charge is 0.250 e. The molecule has 1 aliphatic rings. The third-order valence-electron chi connectivity index (χ3n) is 2.94. The molecule has 1 amide bonds. The standard InChI is InChI=1S/C10H21N3OS/c1-8(9(14)12-11)13-5-4-10(2,3)15-7-6-13/h8H,4-7,11H2,1-3H3,(H,12,14). The van der Waals surface area contributed by atoms with Gasteiger partial charge in [0.25, 0.3) is 5.91 Å². The quantitative estimate of drug-likeness (QED) is 0.415. The zero-order valence-corrected chi connectivity index (χ0v) is 10.6. The third kappa shape index (κ3) is 3.66. The SMILES string of the molecule is CC(C(=O)NN)N1CCSC(C)(C)CC1. The van der Waals surface area contributed by atoms with Crippen LogP contribution in [0.15, 0.2) is 0 Å². The lowest BCUT2D eigenvalue weighted by molar-refractivity contribution is -0.125. The van der Waals surface area contributed by atoms with Gasteiger partial charge in [-0.15, -0.1) is 0 Å².